The average Bonchev–Trinajstić information content (AvgIpc) is 3.33. The zero-order valence-electron chi connectivity index (χ0n) is 17.4. The van der Waals surface area contributed by atoms with Crippen LogP contribution in [0.2, 0.25) is 0 Å². The number of furan rings is 1. The highest BCUT2D eigenvalue weighted by Crippen LogP contribution is 2.40. The fourth-order valence-electron chi connectivity index (χ4n) is 3.81. The van der Waals surface area contributed by atoms with Gasteiger partial charge < -0.3 is 19.2 Å². The summed E-state index contributed by atoms with van der Waals surface area (Å²) in [6.45, 7) is 2.11. The van der Waals surface area contributed by atoms with Crippen LogP contribution in [0.25, 0.3) is 5.76 Å². The van der Waals surface area contributed by atoms with E-state index in [1.165, 1.54) is 4.90 Å². The molecule has 1 aliphatic rings. The molecule has 6 nitrogen and oxygen atoms in total. The number of hydrogen-bond acceptors (Lipinski definition) is 5. The Labute approximate surface area is 180 Å². The maximum absolute atomic E-state index is 13.0. The van der Waals surface area contributed by atoms with Crippen LogP contribution >= 0.6 is 0 Å². The quantitative estimate of drug-likeness (QED) is 0.368. The highest BCUT2D eigenvalue weighted by Gasteiger charge is 2.47. The maximum atomic E-state index is 13.0. The van der Waals surface area contributed by atoms with Gasteiger partial charge in [-0.3, -0.25) is 9.59 Å². The first-order valence-corrected chi connectivity index (χ1v) is 10.0. The summed E-state index contributed by atoms with van der Waals surface area (Å²) >= 11 is 0. The van der Waals surface area contributed by atoms with E-state index in [-0.39, 0.29) is 11.3 Å². The minimum atomic E-state index is -0.792. The highest BCUT2D eigenvalue weighted by molar-refractivity contribution is 6.46. The molecular formula is C25H23NO5. The molecule has 31 heavy (non-hydrogen) atoms. The number of Topliss-reactive ketones (excluding diaryl/α,β-unsaturated/α-hetero) is 1. The summed E-state index contributed by atoms with van der Waals surface area (Å²) in [4.78, 5) is 27.4. The van der Waals surface area contributed by atoms with Crippen LogP contribution in [0.15, 0.2) is 76.7 Å². The summed E-state index contributed by atoms with van der Waals surface area (Å²) in [5, 5.41) is 11.0. The first-order valence-electron chi connectivity index (χ1n) is 10.0. The number of hydrogen-bond donors (Lipinski definition) is 1. The SMILES string of the molecule is COc1ccc(C(O)=C2C(=O)C(=O)N(CCc3ccccc3)C2c2ccc(C)o2)cc1. The van der Waals surface area contributed by atoms with Gasteiger partial charge >= 0.3 is 0 Å². The number of carbonyl (C=O) groups excluding carboxylic acids is 2. The molecule has 1 aliphatic heterocycles. The van der Waals surface area contributed by atoms with E-state index in [2.05, 4.69) is 0 Å². The third kappa shape index (κ3) is 3.97. The van der Waals surface area contributed by atoms with Crippen molar-refractivity contribution in [3.63, 3.8) is 0 Å². The Kier molecular flexibility index (Phi) is 5.62. The number of likely N-dealkylation sites (tertiary alicyclic amines) is 1. The fourth-order valence-corrected chi connectivity index (χ4v) is 3.81. The van der Waals surface area contributed by atoms with Crippen molar-refractivity contribution in [2.45, 2.75) is 19.4 Å². The summed E-state index contributed by atoms with van der Waals surface area (Å²) < 4.78 is 10.9. The number of rotatable bonds is 6. The molecule has 1 aromatic heterocycles. The number of aliphatic hydroxyl groups is 1. The van der Waals surface area contributed by atoms with Gasteiger partial charge in [0.15, 0.2) is 0 Å². The van der Waals surface area contributed by atoms with Gasteiger partial charge in [0.2, 0.25) is 0 Å². The number of ether oxygens (including phenoxy) is 1. The van der Waals surface area contributed by atoms with E-state index in [1.54, 1.807) is 50.4 Å². The Balaban J connectivity index is 1.75. The molecule has 2 heterocycles. The molecule has 0 saturated carbocycles. The molecule has 1 unspecified atom stereocenters. The van der Waals surface area contributed by atoms with Gasteiger partial charge in [-0.2, -0.15) is 0 Å². The average molecular weight is 417 g/mol. The lowest BCUT2D eigenvalue weighted by Crippen LogP contribution is -2.31. The zero-order chi connectivity index (χ0) is 22.0. The summed E-state index contributed by atoms with van der Waals surface area (Å²) in [5.74, 6) is 0.124. The van der Waals surface area contributed by atoms with Crippen LogP contribution in [0.4, 0.5) is 0 Å². The lowest BCUT2D eigenvalue weighted by molar-refractivity contribution is -0.140. The van der Waals surface area contributed by atoms with Crippen LogP contribution in [-0.4, -0.2) is 35.4 Å². The number of amides is 1. The molecule has 1 amide bonds. The lowest BCUT2D eigenvalue weighted by Gasteiger charge is -2.23. The number of aliphatic hydroxyl groups excluding tert-OH is 1. The number of nitrogens with zero attached hydrogens (tertiary/aromatic N) is 1. The standard InChI is InChI=1S/C25H23NO5/c1-16-8-13-20(31-16)22-21(23(27)18-9-11-19(30-2)12-10-18)24(28)25(29)26(22)15-14-17-6-4-3-5-7-17/h3-13,22,27H,14-15H2,1-2H3. The van der Waals surface area contributed by atoms with Crippen molar-refractivity contribution in [3.8, 4) is 5.75 Å². The van der Waals surface area contributed by atoms with Gasteiger partial charge in [0, 0.05) is 12.1 Å². The maximum Gasteiger partial charge on any atom is 0.295 e. The molecule has 2 aromatic carbocycles. The molecule has 3 aromatic rings. The largest absolute Gasteiger partial charge is 0.507 e. The van der Waals surface area contributed by atoms with Gasteiger partial charge in [-0.25, -0.2) is 0 Å². The summed E-state index contributed by atoms with van der Waals surface area (Å²) in [6, 6.07) is 19.1. The van der Waals surface area contributed by atoms with E-state index in [0.29, 0.717) is 35.8 Å². The second-order valence-corrected chi connectivity index (χ2v) is 7.41. The second-order valence-electron chi connectivity index (χ2n) is 7.41. The fraction of sp³-hybridized carbons (Fsp3) is 0.200. The van der Waals surface area contributed by atoms with Crippen molar-refractivity contribution < 1.29 is 23.8 Å². The smallest absolute Gasteiger partial charge is 0.295 e. The molecule has 1 saturated heterocycles. The molecule has 0 aliphatic carbocycles. The zero-order valence-corrected chi connectivity index (χ0v) is 17.4. The number of methoxy groups -OCH3 is 1. The van der Waals surface area contributed by atoms with E-state index in [4.69, 9.17) is 9.15 Å². The van der Waals surface area contributed by atoms with Gasteiger partial charge in [0.25, 0.3) is 11.7 Å². The van der Waals surface area contributed by atoms with E-state index in [0.717, 1.165) is 5.56 Å². The minimum Gasteiger partial charge on any atom is -0.507 e. The Hall–Kier alpha value is -3.80. The number of aryl methyl sites for hydroxylation is 1. The van der Waals surface area contributed by atoms with Crippen molar-refractivity contribution in [1.29, 1.82) is 0 Å². The van der Waals surface area contributed by atoms with Crippen LogP contribution in [-0.2, 0) is 16.0 Å². The molecule has 0 bridgehead atoms. The van der Waals surface area contributed by atoms with Crippen LogP contribution in [0.5, 0.6) is 5.75 Å². The van der Waals surface area contributed by atoms with Gasteiger partial charge in [-0.15, -0.1) is 0 Å². The summed E-state index contributed by atoms with van der Waals surface area (Å²) in [7, 11) is 1.55. The topological polar surface area (TPSA) is 80.0 Å². The van der Waals surface area contributed by atoms with Crippen LogP contribution < -0.4 is 4.74 Å². The molecule has 1 N–H and O–H groups in total. The molecule has 158 valence electrons. The second kappa shape index (κ2) is 8.52. The predicted octanol–water partition coefficient (Wildman–Crippen LogP) is 4.26. The first-order chi connectivity index (χ1) is 15.0. The van der Waals surface area contributed by atoms with Gasteiger partial charge in [-0.1, -0.05) is 30.3 Å². The highest BCUT2D eigenvalue weighted by atomic mass is 16.5. The molecule has 1 atom stereocenters. The Morgan fingerprint density at radius 3 is 2.35 bits per heavy atom. The van der Waals surface area contributed by atoms with Crippen molar-refractivity contribution in [2.75, 3.05) is 13.7 Å². The minimum absolute atomic E-state index is 0.0255. The Bertz CT molecular complexity index is 1130. The summed E-state index contributed by atoms with van der Waals surface area (Å²) in [6.07, 6.45) is 0.576. The summed E-state index contributed by atoms with van der Waals surface area (Å²) in [5.41, 5.74) is 1.50. The normalized spacial score (nSPS) is 17.9. The lowest BCUT2D eigenvalue weighted by atomic mass is 9.99. The van der Waals surface area contributed by atoms with Gasteiger partial charge in [0.05, 0.1) is 12.7 Å². The van der Waals surface area contributed by atoms with E-state index >= 15 is 0 Å². The third-order valence-corrected chi connectivity index (χ3v) is 5.42. The molecular weight excluding hydrogens is 394 g/mol. The molecule has 0 spiro atoms. The van der Waals surface area contributed by atoms with Gasteiger partial charge in [-0.05, 0) is 55.3 Å². The van der Waals surface area contributed by atoms with Crippen molar-refractivity contribution >= 4 is 17.4 Å². The van der Waals surface area contributed by atoms with Crippen LogP contribution in [0, 0.1) is 6.92 Å². The van der Waals surface area contributed by atoms with Crippen LogP contribution in [0.1, 0.15) is 28.7 Å². The first kappa shape index (κ1) is 20.5. The van der Waals surface area contributed by atoms with Gasteiger partial charge in [0.1, 0.15) is 29.1 Å². The van der Waals surface area contributed by atoms with Crippen molar-refractivity contribution in [3.05, 3.63) is 95.0 Å². The number of ketones is 1. The Morgan fingerprint density at radius 2 is 1.74 bits per heavy atom. The van der Waals surface area contributed by atoms with Crippen LogP contribution in [0.3, 0.4) is 0 Å². The molecule has 0 radical (unpaired) electrons. The third-order valence-electron chi connectivity index (χ3n) is 5.42. The van der Waals surface area contributed by atoms with E-state index in [1.807, 2.05) is 30.3 Å². The molecule has 4 rings (SSSR count). The monoisotopic (exact) mass is 417 g/mol. The molecule has 1 fully saturated rings. The van der Waals surface area contributed by atoms with E-state index < -0.39 is 17.7 Å². The van der Waals surface area contributed by atoms with Crippen molar-refractivity contribution in [1.82, 2.24) is 4.90 Å². The number of carbonyl (C=O) groups is 2. The Morgan fingerprint density at radius 1 is 1.03 bits per heavy atom. The predicted molar refractivity (Wildman–Crippen MR) is 116 cm³/mol. The number of benzene rings is 2. The van der Waals surface area contributed by atoms with E-state index in [9.17, 15) is 14.7 Å². The molecule has 6 heteroatoms. The van der Waals surface area contributed by atoms with Crippen molar-refractivity contribution in [2.24, 2.45) is 0 Å².